The van der Waals surface area contributed by atoms with Crippen LogP contribution in [-0.4, -0.2) is 24.5 Å². The Hall–Kier alpha value is -3.68. The molecule has 0 aromatic heterocycles. The van der Waals surface area contributed by atoms with Gasteiger partial charge >= 0.3 is 6.03 Å². The van der Waals surface area contributed by atoms with Crippen molar-refractivity contribution in [3.8, 4) is 5.75 Å². The Labute approximate surface area is 217 Å². The highest BCUT2D eigenvalue weighted by Gasteiger charge is 2.37. The van der Waals surface area contributed by atoms with E-state index in [1.807, 2.05) is 0 Å². The zero-order valence-corrected chi connectivity index (χ0v) is 20.9. The lowest BCUT2D eigenvalue weighted by atomic mass is 10.00. The summed E-state index contributed by atoms with van der Waals surface area (Å²) in [5, 5.41) is 2.80. The van der Waals surface area contributed by atoms with Crippen molar-refractivity contribution in [2.75, 3.05) is 11.5 Å². The standard InChI is InChI=1S/C27H21Cl2FN2O4/c1-3-36-24-12-16(11-21(29)19(24)13-17-6-4-5-7-22(17)30)10-20-25(33)31-27(35)32(26(20)34)23-14-18(28)9-8-15(23)2/h4-12,14H,3,13H2,1-2H3,(H,31,33,35)/b20-10+. The average molecular weight is 527 g/mol. The molecule has 0 unspecified atom stereocenters. The van der Waals surface area contributed by atoms with Crippen molar-refractivity contribution in [3.63, 3.8) is 0 Å². The summed E-state index contributed by atoms with van der Waals surface area (Å²) in [6.45, 7) is 3.83. The Bertz CT molecular complexity index is 1420. The van der Waals surface area contributed by atoms with E-state index in [1.165, 1.54) is 18.2 Å². The van der Waals surface area contributed by atoms with E-state index in [4.69, 9.17) is 27.9 Å². The van der Waals surface area contributed by atoms with Crippen molar-refractivity contribution in [3.05, 3.63) is 98.3 Å². The van der Waals surface area contributed by atoms with Gasteiger partial charge in [-0.3, -0.25) is 14.9 Å². The van der Waals surface area contributed by atoms with E-state index in [2.05, 4.69) is 5.32 Å². The Morgan fingerprint density at radius 1 is 1.06 bits per heavy atom. The van der Waals surface area contributed by atoms with Crippen LogP contribution in [-0.2, 0) is 16.0 Å². The van der Waals surface area contributed by atoms with Gasteiger partial charge in [-0.25, -0.2) is 14.1 Å². The van der Waals surface area contributed by atoms with Gasteiger partial charge in [-0.2, -0.15) is 0 Å². The fraction of sp³-hybridized carbons (Fsp3) is 0.148. The van der Waals surface area contributed by atoms with Gasteiger partial charge in [0.25, 0.3) is 11.8 Å². The van der Waals surface area contributed by atoms with Gasteiger partial charge < -0.3 is 4.74 Å². The van der Waals surface area contributed by atoms with E-state index >= 15 is 0 Å². The Kier molecular flexibility index (Phi) is 7.43. The number of ether oxygens (including phenoxy) is 1. The maximum Gasteiger partial charge on any atom is 0.335 e. The van der Waals surface area contributed by atoms with Crippen LogP contribution < -0.4 is 15.0 Å². The van der Waals surface area contributed by atoms with Crippen LogP contribution in [0.15, 0.2) is 60.2 Å². The fourth-order valence-corrected chi connectivity index (χ4v) is 4.32. The first kappa shape index (κ1) is 25.4. The summed E-state index contributed by atoms with van der Waals surface area (Å²) >= 11 is 12.6. The number of aryl methyl sites for hydroxylation is 1. The molecule has 0 atom stereocenters. The van der Waals surface area contributed by atoms with Crippen LogP contribution in [0, 0.1) is 12.7 Å². The number of anilines is 1. The lowest BCUT2D eigenvalue weighted by Gasteiger charge is -2.27. The fourth-order valence-electron chi connectivity index (χ4n) is 3.87. The third kappa shape index (κ3) is 5.12. The molecule has 1 N–H and O–H groups in total. The van der Waals surface area contributed by atoms with Gasteiger partial charge in [0.2, 0.25) is 0 Å². The van der Waals surface area contributed by atoms with Crippen LogP contribution in [0.5, 0.6) is 5.75 Å². The van der Waals surface area contributed by atoms with Crippen LogP contribution in [0.4, 0.5) is 14.9 Å². The van der Waals surface area contributed by atoms with Crippen molar-refractivity contribution >= 4 is 52.8 Å². The summed E-state index contributed by atoms with van der Waals surface area (Å²) in [6.07, 6.45) is 1.52. The second-order valence-corrected chi connectivity index (χ2v) is 8.91. The molecule has 0 saturated carbocycles. The number of hydrogen-bond acceptors (Lipinski definition) is 4. The molecule has 1 aliphatic rings. The van der Waals surface area contributed by atoms with Crippen LogP contribution >= 0.6 is 23.2 Å². The van der Waals surface area contributed by atoms with E-state index < -0.39 is 17.8 Å². The largest absolute Gasteiger partial charge is 0.494 e. The Balaban J connectivity index is 1.75. The van der Waals surface area contributed by atoms with Gasteiger partial charge in [0.15, 0.2) is 0 Å². The zero-order chi connectivity index (χ0) is 26.0. The highest BCUT2D eigenvalue weighted by molar-refractivity contribution is 6.40. The first-order chi connectivity index (χ1) is 17.2. The summed E-state index contributed by atoms with van der Waals surface area (Å²) in [4.78, 5) is 39.3. The summed E-state index contributed by atoms with van der Waals surface area (Å²) in [5.41, 5.74) is 2.02. The van der Waals surface area contributed by atoms with Gasteiger partial charge in [0, 0.05) is 22.0 Å². The molecule has 3 aromatic rings. The molecule has 4 amide bonds. The van der Waals surface area contributed by atoms with Gasteiger partial charge in [0.1, 0.15) is 17.1 Å². The van der Waals surface area contributed by atoms with E-state index in [0.717, 1.165) is 4.90 Å². The summed E-state index contributed by atoms with van der Waals surface area (Å²) in [7, 11) is 0. The predicted molar refractivity (Wildman–Crippen MR) is 137 cm³/mol. The molecule has 184 valence electrons. The third-order valence-corrected chi connectivity index (χ3v) is 6.20. The lowest BCUT2D eigenvalue weighted by molar-refractivity contribution is -0.122. The summed E-state index contributed by atoms with van der Waals surface area (Å²) in [6, 6.07) is 13.4. The van der Waals surface area contributed by atoms with Crippen molar-refractivity contribution in [2.24, 2.45) is 0 Å². The molecule has 0 radical (unpaired) electrons. The number of imide groups is 2. The molecule has 36 heavy (non-hydrogen) atoms. The van der Waals surface area contributed by atoms with E-state index in [9.17, 15) is 18.8 Å². The van der Waals surface area contributed by atoms with Crippen LogP contribution in [0.25, 0.3) is 6.08 Å². The summed E-state index contributed by atoms with van der Waals surface area (Å²) in [5.74, 6) is -1.63. The van der Waals surface area contributed by atoms with Crippen LogP contribution in [0.2, 0.25) is 10.0 Å². The second kappa shape index (κ2) is 10.5. The molecule has 9 heteroatoms. The van der Waals surface area contributed by atoms with Crippen molar-refractivity contribution in [1.29, 1.82) is 0 Å². The number of urea groups is 1. The zero-order valence-electron chi connectivity index (χ0n) is 19.4. The number of nitrogens with zero attached hydrogens (tertiary/aromatic N) is 1. The second-order valence-electron chi connectivity index (χ2n) is 8.07. The maximum atomic E-state index is 14.2. The molecular formula is C27H21Cl2FN2O4. The number of halogens is 3. The van der Waals surface area contributed by atoms with Gasteiger partial charge in [-0.05, 0) is 66.9 Å². The number of hydrogen-bond donors (Lipinski definition) is 1. The first-order valence-electron chi connectivity index (χ1n) is 11.1. The number of rotatable bonds is 6. The van der Waals surface area contributed by atoms with E-state index in [1.54, 1.807) is 56.3 Å². The van der Waals surface area contributed by atoms with Crippen LogP contribution in [0.1, 0.15) is 29.2 Å². The minimum atomic E-state index is -0.874. The molecule has 6 nitrogen and oxygen atoms in total. The minimum Gasteiger partial charge on any atom is -0.494 e. The predicted octanol–water partition coefficient (Wildman–Crippen LogP) is 6.10. The molecule has 3 aromatic carbocycles. The molecular weight excluding hydrogens is 506 g/mol. The number of carbonyl (C=O) groups excluding carboxylic acids is 3. The molecule has 1 saturated heterocycles. The first-order valence-corrected chi connectivity index (χ1v) is 11.8. The average Bonchev–Trinajstić information content (AvgIpc) is 2.82. The third-order valence-electron chi connectivity index (χ3n) is 5.63. The minimum absolute atomic E-state index is 0.188. The van der Waals surface area contributed by atoms with Crippen molar-refractivity contribution in [1.82, 2.24) is 5.32 Å². The van der Waals surface area contributed by atoms with E-state index in [-0.39, 0.29) is 28.5 Å². The molecule has 0 bridgehead atoms. The monoisotopic (exact) mass is 526 g/mol. The molecule has 1 fully saturated rings. The lowest BCUT2D eigenvalue weighted by Crippen LogP contribution is -2.54. The van der Waals surface area contributed by atoms with Gasteiger partial charge in [0.05, 0.1) is 12.3 Å². The van der Waals surface area contributed by atoms with Crippen LogP contribution in [0.3, 0.4) is 0 Å². The SMILES string of the molecule is CCOc1cc(/C=C2\C(=O)NC(=O)N(c3cc(Cl)ccc3C)C2=O)cc(Cl)c1Cc1ccccc1F. The number of benzene rings is 3. The molecule has 1 aliphatic heterocycles. The quantitative estimate of drug-likeness (QED) is 0.311. The number of carbonyl (C=O) groups is 3. The molecule has 4 rings (SSSR count). The van der Waals surface area contributed by atoms with E-state index in [0.29, 0.717) is 39.6 Å². The molecule has 0 aliphatic carbocycles. The molecule has 1 heterocycles. The topological polar surface area (TPSA) is 75.7 Å². The summed E-state index contributed by atoms with van der Waals surface area (Å²) < 4.78 is 20.0. The molecule has 0 spiro atoms. The number of amides is 4. The number of nitrogens with one attached hydrogen (secondary N) is 1. The Morgan fingerprint density at radius 2 is 1.81 bits per heavy atom. The van der Waals surface area contributed by atoms with Gasteiger partial charge in [-0.15, -0.1) is 0 Å². The highest BCUT2D eigenvalue weighted by Crippen LogP contribution is 2.33. The van der Waals surface area contributed by atoms with Crippen molar-refractivity contribution in [2.45, 2.75) is 20.3 Å². The van der Waals surface area contributed by atoms with Crippen molar-refractivity contribution < 1.29 is 23.5 Å². The normalized spacial score (nSPS) is 14.9. The van der Waals surface area contributed by atoms with Gasteiger partial charge in [-0.1, -0.05) is 47.5 Å². The number of barbiturate groups is 1. The highest BCUT2D eigenvalue weighted by atomic mass is 35.5. The maximum absolute atomic E-state index is 14.2. The smallest absolute Gasteiger partial charge is 0.335 e. The Morgan fingerprint density at radius 3 is 2.53 bits per heavy atom.